The Hall–Kier alpha value is -4.15. The first-order valence-electron chi connectivity index (χ1n) is 8.31. The molecule has 0 aliphatic carbocycles. The number of nitrogens with one attached hydrogen (secondary N) is 2. The molecule has 0 saturated heterocycles. The Labute approximate surface area is 163 Å². The van der Waals surface area contributed by atoms with Crippen LogP contribution in [0.1, 0.15) is 6.92 Å². The Balaban J connectivity index is 1.86. The monoisotopic (exact) mass is 400 g/mol. The second kappa shape index (κ2) is 7.84. The lowest BCUT2D eigenvalue weighted by Crippen LogP contribution is -2.25. The molecule has 3 aromatic rings. The number of anilines is 2. The molecule has 1 heterocycles. The Kier molecular flexibility index (Phi) is 5.30. The van der Waals surface area contributed by atoms with E-state index in [0.717, 1.165) is 10.6 Å². The van der Waals surface area contributed by atoms with E-state index in [2.05, 4.69) is 10.6 Å². The second-order valence-corrected chi connectivity index (χ2v) is 6.01. The second-order valence-electron chi connectivity index (χ2n) is 6.01. The van der Waals surface area contributed by atoms with E-state index < -0.39 is 23.1 Å². The van der Waals surface area contributed by atoms with Crippen molar-refractivity contribution >= 4 is 40.0 Å². The topological polar surface area (TPSA) is 146 Å². The third-order valence-electron chi connectivity index (χ3n) is 3.96. The molecule has 3 rings (SSSR count). The number of benzene rings is 2. The fourth-order valence-electron chi connectivity index (χ4n) is 2.74. The van der Waals surface area contributed by atoms with Crippen molar-refractivity contribution in [1.82, 2.24) is 4.57 Å². The van der Waals surface area contributed by atoms with Gasteiger partial charge in [0.1, 0.15) is 12.3 Å². The van der Waals surface area contributed by atoms with Crippen LogP contribution < -0.4 is 21.1 Å². The predicted octanol–water partition coefficient (Wildman–Crippen LogP) is 2.11. The van der Waals surface area contributed by atoms with E-state index in [1.54, 1.807) is 12.1 Å². The Morgan fingerprint density at radius 1 is 1.21 bits per heavy atom. The lowest BCUT2D eigenvalue weighted by molar-refractivity contribution is -0.384. The van der Waals surface area contributed by atoms with Crippen molar-refractivity contribution in [1.29, 1.82) is 0 Å². The summed E-state index contributed by atoms with van der Waals surface area (Å²) in [5, 5.41) is 16.1. The zero-order valence-corrected chi connectivity index (χ0v) is 15.4. The number of carbonyl (C=O) groups is 2. The van der Waals surface area contributed by atoms with E-state index in [0.29, 0.717) is 17.1 Å². The molecular weight excluding hydrogens is 384 g/mol. The first-order chi connectivity index (χ1) is 13.8. The molecule has 1 aromatic heterocycles. The van der Waals surface area contributed by atoms with Crippen LogP contribution in [0.3, 0.4) is 0 Å². The maximum Gasteiger partial charge on any atom is 0.420 e. The van der Waals surface area contributed by atoms with Crippen LogP contribution >= 0.6 is 0 Å². The summed E-state index contributed by atoms with van der Waals surface area (Å²) in [7, 11) is 1.42. The molecule has 0 fully saturated rings. The molecular formula is C18H16N4O7. The Morgan fingerprint density at radius 3 is 2.62 bits per heavy atom. The lowest BCUT2D eigenvalue weighted by Gasteiger charge is -2.12. The van der Waals surface area contributed by atoms with Crippen LogP contribution in [0.2, 0.25) is 0 Å². The fraction of sp³-hybridized carbons (Fsp3) is 0.167. The molecule has 0 unspecified atom stereocenters. The first kappa shape index (κ1) is 19.6. The van der Waals surface area contributed by atoms with Crippen molar-refractivity contribution in [3.8, 4) is 5.75 Å². The van der Waals surface area contributed by atoms with Gasteiger partial charge in [0.15, 0.2) is 5.58 Å². The average Bonchev–Trinajstić information content (AvgIpc) is 2.96. The van der Waals surface area contributed by atoms with Gasteiger partial charge < -0.3 is 19.8 Å². The zero-order valence-electron chi connectivity index (χ0n) is 15.4. The molecule has 0 aliphatic heterocycles. The number of non-ortho nitro benzene ring substituents is 1. The van der Waals surface area contributed by atoms with Crippen molar-refractivity contribution in [2.45, 2.75) is 13.5 Å². The van der Waals surface area contributed by atoms with Crippen molar-refractivity contribution < 1.29 is 23.7 Å². The van der Waals surface area contributed by atoms with Gasteiger partial charge in [0, 0.05) is 18.7 Å². The van der Waals surface area contributed by atoms with Crippen LogP contribution in [0.4, 0.5) is 17.1 Å². The molecule has 150 valence electrons. The Morgan fingerprint density at radius 2 is 1.97 bits per heavy atom. The van der Waals surface area contributed by atoms with E-state index >= 15 is 0 Å². The van der Waals surface area contributed by atoms with Gasteiger partial charge in [-0.15, -0.1) is 0 Å². The molecule has 29 heavy (non-hydrogen) atoms. The predicted molar refractivity (Wildman–Crippen MR) is 103 cm³/mol. The van der Waals surface area contributed by atoms with Crippen LogP contribution in [0.5, 0.6) is 5.75 Å². The smallest absolute Gasteiger partial charge is 0.420 e. The van der Waals surface area contributed by atoms with Crippen LogP contribution in [0.15, 0.2) is 45.6 Å². The van der Waals surface area contributed by atoms with Gasteiger partial charge in [-0.3, -0.25) is 24.3 Å². The quantitative estimate of drug-likeness (QED) is 0.476. The molecule has 0 bridgehead atoms. The highest BCUT2D eigenvalue weighted by atomic mass is 16.6. The minimum Gasteiger partial charge on any atom is -0.495 e. The third-order valence-corrected chi connectivity index (χ3v) is 3.96. The zero-order chi connectivity index (χ0) is 21.1. The molecule has 2 N–H and O–H groups in total. The van der Waals surface area contributed by atoms with Crippen molar-refractivity contribution in [3.63, 3.8) is 0 Å². The standard InChI is InChI=1S/C18H16N4O7/c1-10(23)19-11-3-6-15(28-2)13(7-11)20-17(24)9-21-14-5-4-12(22(26)27)8-16(14)29-18(21)25/h3-8H,9H2,1-2H3,(H,19,23)(H,20,24). The summed E-state index contributed by atoms with van der Waals surface area (Å²) in [6, 6.07) is 8.36. The molecule has 0 aliphatic rings. The van der Waals surface area contributed by atoms with Gasteiger partial charge in [-0.05, 0) is 24.3 Å². The lowest BCUT2D eigenvalue weighted by atomic mass is 10.2. The van der Waals surface area contributed by atoms with Gasteiger partial charge in [-0.25, -0.2) is 4.79 Å². The summed E-state index contributed by atoms with van der Waals surface area (Å²) in [5.74, 6) is -1.31. The van der Waals surface area contributed by atoms with Gasteiger partial charge in [0.25, 0.3) is 5.69 Å². The van der Waals surface area contributed by atoms with E-state index in [-0.39, 0.29) is 22.7 Å². The maximum absolute atomic E-state index is 12.5. The molecule has 2 amide bonds. The highest BCUT2D eigenvalue weighted by Crippen LogP contribution is 2.28. The highest BCUT2D eigenvalue weighted by Gasteiger charge is 2.17. The number of nitro benzene ring substituents is 1. The van der Waals surface area contributed by atoms with E-state index in [1.165, 1.54) is 32.2 Å². The fourth-order valence-corrected chi connectivity index (χ4v) is 2.74. The third kappa shape index (κ3) is 4.24. The van der Waals surface area contributed by atoms with E-state index in [1.807, 2.05) is 0 Å². The summed E-state index contributed by atoms with van der Waals surface area (Å²) in [5.41, 5.74) is 0.756. The van der Waals surface area contributed by atoms with Gasteiger partial charge in [-0.2, -0.15) is 0 Å². The number of hydrogen-bond acceptors (Lipinski definition) is 7. The number of amides is 2. The summed E-state index contributed by atoms with van der Waals surface area (Å²) >= 11 is 0. The summed E-state index contributed by atoms with van der Waals surface area (Å²) in [6.07, 6.45) is 0. The van der Waals surface area contributed by atoms with E-state index in [9.17, 15) is 24.5 Å². The molecule has 11 heteroatoms. The number of nitro groups is 1. The number of nitrogens with zero attached hydrogens (tertiary/aromatic N) is 2. The van der Waals surface area contributed by atoms with Crippen LogP contribution in [0, 0.1) is 10.1 Å². The summed E-state index contributed by atoms with van der Waals surface area (Å²) in [4.78, 5) is 46.0. The largest absolute Gasteiger partial charge is 0.495 e. The van der Waals surface area contributed by atoms with Crippen LogP contribution in [0.25, 0.3) is 11.1 Å². The van der Waals surface area contributed by atoms with Crippen molar-refractivity contribution in [2.24, 2.45) is 0 Å². The summed E-state index contributed by atoms with van der Waals surface area (Å²) in [6.45, 7) is 0.959. The minimum atomic E-state index is -0.824. The molecule has 0 saturated carbocycles. The average molecular weight is 400 g/mol. The van der Waals surface area contributed by atoms with Gasteiger partial charge in [0.2, 0.25) is 11.8 Å². The van der Waals surface area contributed by atoms with Gasteiger partial charge in [-0.1, -0.05) is 0 Å². The molecule has 0 atom stereocenters. The number of carbonyl (C=O) groups excluding carboxylic acids is 2. The van der Waals surface area contributed by atoms with Crippen molar-refractivity contribution in [2.75, 3.05) is 17.7 Å². The number of oxazole rings is 1. The van der Waals surface area contributed by atoms with Crippen LogP contribution in [-0.2, 0) is 16.1 Å². The number of hydrogen-bond donors (Lipinski definition) is 2. The first-order valence-corrected chi connectivity index (χ1v) is 8.31. The van der Waals surface area contributed by atoms with Crippen LogP contribution in [-0.4, -0.2) is 28.4 Å². The molecule has 11 nitrogen and oxygen atoms in total. The molecule has 0 radical (unpaired) electrons. The molecule has 2 aromatic carbocycles. The number of ether oxygens (including phenoxy) is 1. The number of rotatable bonds is 6. The number of methoxy groups -OCH3 is 1. The highest BCUT2D eigenvalue weighted by molar-refractivity contribution is 5.95. The molecule has 0 spiro atoms. The van der Waals surface area contributed by atoms with Gasteiger partial charge >= 0.3 is 5.76 Å². The number of fused-ring (bicyclic) bond motifs is 1. The minimum absolute atomic E-state index is 0.00207. The Bertz CT molecular complexity index is 1180. The van der Waals surface area contributed by atoms with Gasteiger partial charge in [0.05, 0.1) is 29.3 Å². The normalized spacial score (nSPS) is 10.6. The maximum atomic E-state index is 12.5. The number of aromatic nitrogens is 1. The van der Waals surface area contributed by atoms with E-state index in [4.69, 9.17) is 9.15 Å². The SMILES string of the molecule is COc1ccc(NC(C)=O)cc1NC(=O)Cn1c(=O)oc2cc([N+](=O)[O-])ccc21. The summed E-state index contributed by atoms with van der Waals surface area (Å²) < 4.78 is 11.2. The van der Waals surface area contributed by atoms with Crippen molar-refractivity contribution in [3.05, 3.63) is 57.1 Å².